The molecule has 24 heavy (non-hydrogen) atoms. The Kier molecular flexibility index (Phi) is 4.85. The lowest BCUT2D eigenvalue weighted by atomic mass is 10.1. The number of benzene rings is 2. The Labute approximate surface area is 145 Å². The van der Waals surface area contributed by atoms with Crippen LogP contribution < -0.4 is 5.32 Å². The van der Waals surface area contributed by atoms with Crippen LogP contribution in [0.5, 0.6) is 0 Å². The van der Waals surface area contributed by atoms with Gasteiger partial charge in [0, 0.05) is 17.6 Å². The summed E-state index contributed by atoms with van der Waals surface area (Å²) in [6.07, 6.45) is 0. The third-order valence-electron chi connectivity index (χ3n) is 3.92. The molecular formula is C18H20N4OS. The first kappa shape index (κ1) is 16.5. The van der Waals surface area contributed by atoms with Gasteiger partial charge in [0.2, 0.25) is 5.91 Å². The Morgan fingerprint density at radius 2 is 1.96 bits per heavy atom. The van der Waals surface area contributed by atoms with E-state index in [-0.39, 0.29) is 11.2 Å². The average Bonchev–Trinajstić information content (AvgIpc) is 2.94. The number of nitrogens with zero attached hydrogens (tertiary/aromatic N) is 3. The van der Waals surface area contributed by atoms with Crippen LogP contribution in [0.2, 0.25) is 0 Å². The SMILES string of the molecule is CCn1c(C)nnc1SC(C)C(=O)Nc1cccc2ccccc12. The van der Waals surface area contributed by atoms with Crippen molar-refractivity contribution in [2.45, 2.75) is 37.7 Å². The Morgan fingerprint density at radius 3 is 2.75 bits per heavy atom. The number of fused-ring (bicyclic) bond motifs is 1. The standard InChI is InChI=1S/C18H20N4OS/c1-4-22-13(3)20-21-18(22)24-12(2)17(23)19-16-11-7-9-14-8-5-6-10-15(14)16/h5-12H,4H2,1-3H3,(H,19,23). The molecule has 0 aliphatic carbocycles. The number of rotatable bonds is 5. The smallest absolute Gasteiger partial charge is 0.237 e. The molecule has 1 N–H and O–H groups in total. The second-order valence-corrected chi connectivity index (χ2v) is 6.86. The quantitative estimate of drug-likeness (QED) is 0.716. The van der Waals surface area contributed by atoms with Crippen LogP contribution in [-0.2, 0) is 11.3 Å². The Bertz CT molecular complexity index is 869. The first-order valence-corrected chi connectivity index (χ1v) is 8.83. The zero-order valence-electron chi connectivity index (χ0n) is 14.0. The normalized spacial score (nSPS) is 12.3. The number of thioether (sulfide) groups is 1. The minimum Gasteiger partial charge on any atom is -0.325 e. The second-order valence-electron chi connectivity index (χ2n) is 5.55. The fraction of sp³-hybridized carbons (Fsp3) is 0.278. The molecule has 2 aromatic carbocycles. The zero-order valence-corrected chi connectivity index (χ0v) is 14.8. The van der Waals surface area contributed by atoms with Crippen molar-refractivity contribution >= 4 is 34.1 Å². The van der Waals surface area contributed by atoms with Crippen molar-refractivity contribution in [2.24, 2.45) is 0 Å². The minimum absolute atomic E-state index is 0.0420. The predicted molar refractivity (Wildman–Crippen MR) is 98.3 cm³/mol. The summed E-state index contributed by atoms with van der Waals surface area (Å²) in [6.45, 7) is 6.64. The summed E-state index contributed by atoms with van der Waals surface area (Å²) < 4.78 is 2.01. The van der Waals surface area contributed by atoms with Crippen LogP contribution in [0.1, 0.15) is 19.7 Å². The highest BCUT2D eigenvalue weighted by atomic mass is 32.2. The van der Waals surface area contributed by atoms with Gasteiger partial charge in [0.1, 0.15) is 5.82 Å². The van der Waals surface area contributed by atoms with Gasteiger partial charge in [-0.2, -0.15) is 0 Å². The summed E-state index contributed by atoms with van der Waals surface area (Å²) in [5, 5.41) is 13.9. The molecule has 6 heteroatoms. The highest BCUT2D eigenvalue weighted by Crippen LogP contribution is 2.26. The van der Waals surface area contributed by atoms with E-state index in [9.17, 15) is 4.79 Å². The van der Waals surface area contributed by atoms with Crippen molar-refractivity contribution in [3.8, 4) is 0 Å². The van der Waals surface area contributed by atoms with Gasteiger partial charge in [-0.25, -0.2) is 0 Å². The maximum absolute atomic E-state index is 12.6. The van der Waals surface area contributed by atoms with E-state index in [1.54, 1.807) is 0 Å². The zero-order chi connectivity index (χ0) is 17.1. The van der Waals surface area contributed by atoms with E-state index in [0.29, 0.717) is 0 Å². The van der Waals surface area contributed by atoms with Crippen molar-refractivity contribution in [1.29, 1.82) is 0 Å². The number of nitrogens with one attached hydrogen (secondary N) is 1. The molecule has 0 spiro atoms. The molecule has 0 saturated heterocycles. The van der Waals surface area contributed by atoms with Crippen molar-refractivity contribution < 1.29 is 4.79 Å². The molecule has 5 nitrogen and oxygen atoms in total. The van der Waals surface area contributed by atoms with Crippen LogP contribution in [0.15, 0.2) is 47.6 Å². The maximum Gasteiger partial charge on any atom is 0.237 e. The molecule has 124 valence electrons. The first-order valence-electron chi connectivity index (χ1n) is 7.95. The Hall–Kier alpha value is -2.34. The number of hydrogen-bond acceptors (Lipinski definition) is 4. The molecule has 0 aliphatic heterocycles. The molecule has 1 amide bonds. The third kappa shape index (κ3) is 3.28. The van der Waals surface area contributed by atoms with Crippen LogP contribution >= 0.6 is 11.8 Å². The fourth-order valence-electron chi connectivity index (χ4n) is 2.59. The molecule has 0 fully saturated rings. The summed E-state index contributed by atoms with van der Waals surface area (Å²) in [5.74, 6) is 0.821. The van der Waals surface area contributed by atoms with Crippen molar-refractivity contribution in [2.75, 3.05) is 5.32 Å². The van der Waals surface area contributed by atoms with Crippen LogP contribution in [0.25, 0.3) is 10.8 Å². The van der Waals surface area contributed by atoms with Crippen LogP contribution in [0.3, 0.4) is 0 Å². The largest absolute Gasteiger partial charge is 0.325 e. The van der Waals surface area contributed by atoms with Crippen molar-refractivity contribution in [3.63, 3.8) is 0 Å². The fourth-order valence-corrected chi connectivity index (χ4v) is 3.55. The molecule has 0 radical (unpaired) electrons. The molecular weight excluding hydrogens is 320 g/mol. The van der Waals surface area contributed by atoms with Crippen LogP contribution in [-0.4, -0.2) is 25.9 Å². The number of carbonyl (C=O) groups is 1. The monoisotopic (exact) mass is 340 g/mol. The van der Waals surface area contributed by atoms with Gasteiger partial charge in [-0.3, -0.25) is 4.79 Å². The molecule has 0 bridgehead atoms. The third-order valence-corrected chi connectivity index (χ3v) is 5.00. The van der Waals surface area contributed by atoms with Crippen LogP contribution in [0, 0.1) is 6.92 Å². The minimum atomic E-state index is -0.266. The summed E-state index contributed by atoms with van der Waals surface area (Å²) in [4.78, 5) is 12.6. The number of aromatic nitrogens is 3. The number of aryl methyl sites for hydroxylation is 1. The molecule has 1 unspecified atom stereocenters. The summed E-state index contributed by atoms with van der Waals surface area (Å²) >= 11 is 1.43. The van der Waals surface area contributed by atoms with E-state index in [0.717, 1.165) is 34.0 Å². The van der Waals surface area contributed by atoms with E-state index < -0.39 is 0 Å². The van der Waals surface area contributed by atoms with Crippen LogP contribution in [0.4, 0.5) is 5.69 Å². The van der Waals surface area contributed by atoms with E-state index >= 15 is 0 Å². The molecule has 0 aliphatic rings. The van der Waals surface area contributed by atoms with Gasteiger partial charge in [0.25, 0.3) is 0 Å². The average molecular weight is 340 g/mol. The molecule has 1 aromatic heterocycles. The number of hydrogen-bond donors (Lipinski definition) is 1. The lowest BCUT2D eigenvalue weighted by Crippen LogP contribution is -2.23. The first-order chi connectivity index (χ1) is 11.6. The topological polar surface area (TPSA) is 59.8 Å². The summed E-state index contributed by atoms with van der Waals surface area (Å²) in [5.41, 5.74) is 0.832. The highest BCUT2D eigenvalue weighted by molar-refractivity contribution is 8.00. The van der Waals surface area contributed by atoms with E-state index in [1.165, 1.54) is 11.8 Å². The molecule has 1 atom stereocenters. The summed E-state index contributed by atoms with van der Waals surface area (Å²) in [6, 6.07) is 13.9. The Balaban J connectivity index is 1.76. The second kappa shape index (κ2) is 7.05. The van der Waals surface area contributed by atoms with Gasteiger partial charge in [0.05, 0.1) is 5.25 Å². The predicted octanol–water partition coefficient (Wildman–Crippen LogP) is 3.88. The number of anilines is 1. The molecule has 3 aromatic rings. The van der Waals surface area contributed by atoms with Crippen molar-refractivity contribution in [3.05, 3.63) is 48.3 Å². The van der Waals surface area contributed by atoms with Gasteiger partial charge < -0.3 is 9.88 Å². The van der Waals surface area contributed by atoms with E-state index in [1.807, 2.05) is 67.8 Å². The van der Waals surface area contributed by atoms with E-state index in [4.69, 9.17) is 0 Å². The molecule has 1 heterocycles. The maximum atomic E-state index is 12.6. The number of carbonyl (C=O) groups excluding carboxylic acids is 1. The highest BCUT2D eigenvalue weighted by Gasteiger charge is 2.19. The Morgan fingerprint density at radius 1 is 1.21 bits per heavy atom. The van der Waals surface area contributed by atoms with Gasteiger partial charge in [-0.15, -0.1) is 10.2 Å². The van der Waals surface area contributed by atoms with Crippen molar-refractivity contribution in [1.82, 2.24) is 14.8 Å². The van der Waals surface area contributed by atoms with E-state index in [2.05, 4.69) is 15.5 Å². The number of amides is 1. The lowest BCUT2D eigenvalue weighted by molar-refractivity contribution is -0.115. The molecule has 3 rings (SSSR count). The van der Waals surface area contributed by atoms with Gasteiger partial charge >= 0.3 is 0 Å². The lowest BCUT2D eigenvalue weighted by Gasteiger charge is -2.13. The molecule has 0 saturated carbocycles. The van der Waals surface area contributed by atoms with Gasteiger partial charge in [0.15, 0.2) is 5.16 Å². The summed E-state index contributed by atoms with van der Waals surface area (Å²) in [7, 11) is 0. The van der Waals surface area contributed by atoms with Gasteiger partial charge in [-0.1, -0.05) is 48.2 Å². The van der Waals surface area contributed by atoms with Gasteiger partial charge in [-0.05, 0) is 32.2 Å².